The first-order valence-electron chi connectivity index (χ1n) is 9.72. The summed E-state index contributed by atoms with van der Waals surface area (Å²) in [6, 6.07) is 13.9. The van der Waals surface area contributed by atoms with Crippen molar-refractivity contribution in [2.24, 2.45) is 0 Å². The fraction of sp³-hybridized carbons (Fsp3) is 0.261. The van der Waals surface area contributed by atoms with Crippen LogP contribution in [0.4, 0.5) is 10.8 Å². The molecular formula is C23H23N3O2S. The number of thiazole rings is 1. The van der Waals surface area contributed by atoms with Gasteiger partial charge in [0.05, 0.1) is 12.1 Å². The van der Waals surface area contributed by atoms with Crippen LogP contribution in [-0.2, 0) is 16.0 Å². The Morgan fingerprint density at radius 1 is 1.14 bits per heavy atom. The molecule has 0 radical (unpaired) electrons. The molecule has 6 heteroatoms. The van der Waals surface area contributed by atoms with Gasteiger partial charge in [-0.15, -0.1) is 11.3 Å². The van der Waals surface area contributed by atoms with Gasteiger partial charge in [-0.25, -0.2) is 4.98 Å². The average molecular weight is 406 g/mol. The second-order valence-corrected chi connectivity index (χ2v) is 8.24. The lowest BCUT2D eigenvalue weighted by molar-refractivity contribution is -0.117. The van der Waals surface area contributed by atoms with Crippen molar-refractivity contribution in [3.05, 3.63) is 64.5 Å². The van der Waals surface area contributed by atoms with E-state index < -0.39 is 0 Å². The van der Waals surface area contributed by atoms with Gasteiger partial charge < -0.3 is 10.2 Å². The van der Waals surface area contributed by atoms with Crippen LogP contribution in [0.5, 0.6) is 0 Å². The monoisotopic (exact) mass is 405 g/mol. The number of carbonyl (C=O) groups excluding carboxylic acids is 2. The number of aromatic nitrogens is 1. The molecule has 1 aliphatic rings. The lowest BCUT2D eigenvalue weighted by Crippen LogP contribution is -2.23. The van der Waals surface area contributed by atoms with E-state index >= 15 is 0 Å². The van der Waals surface area contributed by atoms with Crippen LogP contribution in [0.1, 0.15) is 29.5 Å². The quantitative estimate of drug-likeness (QED) is 0.667. The van der Waals surface area contributed by atoms with Gasteiger partial charge in [0.15, 0.2) is 5.13 Å². The topological polar surface area (TPSA) is 62.3 Å². The summed E-state index contributed by atoms with van der Waals surface area (Å²) in [5.74, 6) is 0.0647. The number of carbonyl (C=O) groups is 2. The Labute approximate surface area is 174 Å². The van der Waals surface area contributed by atoms with E-state index in [9.17, 15) is 9.59 Å². The maximum atomic E-state index is 12.4. The maximum absolute atomic E-state index is 12.4. The Morgan fingerprint density at radius 2 is 1.93 bits per heavy atom. The van der Waals surface area contributed by atoms with Crippen LogP contribution in [0.2, 0.25) is 0 Å². The molecule has 1 aromatic heterocycles. The molecule has 2 aromatic carbocycles. The highest BCUT2D eigenvalue weighted by atomic mass is 32.1. The van der Waals surface area contributed by atoms with Crippen LogP contribution < -0.4 is 10.2 Å². The Bertz CT molecular complexity index is 1060. The van der Waals surface area contributed by atoms with Gasteiger partial charge in [-0.2, -0.15) is 0 Å². The minimum absolute atomic E-state index is 0.101. The molecule has 0 unspecified atom stereocenters. The summed E-state index contributed by atoms with van der Waals surface area (Å²) in [5.41, 5.74) is 6.20. The third-order valence-electron chi connectivity index (χ3n) is 5.24. The van der Waals surface area contributed by atoms with Crippen molar-refractivity contribution in [1.82, 2.24) is 4.98 Å². The zero-order chi connectivity index (χ0) is 20.4. The number of rotatable bonds is 5. The predicted molar refractivity (Wildman–Crippen MR) is 117 cm³/mol. The van der Waals surface area contributed by atoms with Gasteiger partial charge in [0, 0.05) is 29.6 Å². The maximum Gasteiger partial charge on any atom is 0.230 e. The first kappa shape index (κ1) is 19.3. The molecule has 5 nitrogen and oxygen atoms in total. The van der Waals surface area contributed by atoms with Gasteiger partial charge >= 0.3 is 0 Å². The van der Waals surface area contributed by atoms with E-state index in [-0.39, 0.29) is 18.2 Å². The molecule has 29 heavy (non-hydrogen) atoms. The SMILES string of the molecule is Cc1ccc(-c2csc(NC(=O)Cc3ccc(N4CCCC4=O)cc3)n2)cc1C. The van der Waals surface area contributed by atoms with Gasteiger partial charge in [-0.05, 0) is 55.2 Å². The Balaban J connectivity index is 1.38. The minimum Gasteiger partial charge on any atom is -0.312 e. The van der Waals surface area contributed by atoms with Gasteiger partial charge in [0.25, 0.3) is 0 Å². The highest BCUT2D eigenvalue weighted by Crippen LogP contribution is 2.27. The molecule has 2 heterocycles. The summed E-state index contributed by atoms with van der Waals surface area (Å²) in [6.07, 6.45) is 1.79. The summed E-state index contributed by atoms with van der Waals surface area (Å²) in [7, 11) is 0. The van der Waals surface area contributed by atoms with Crippen LogP contribution in [0.25, 0.3) is 11.3 Å². The van der Waals surface area contributed by atoms with Crippen molar-refractivity contribution >= 4 is 34.0 Å². The highest BCUT2D eigenvalue weighted by Gasteiger charge is 2.21. The van der Waals surface area contributed by atoms with E-state index in [1.165, 1.54) is 22.5 Å². The van der Waals surface area contributed by atoms with Crippen LogP contribution in [0, 0.1) is 13.8 Å². The van der Waals surface area contributed by atoms with Crippen LogP contribution in [0.3, 0.4) is 0 Å². The largest absolute Gasteiger partial charge is 0.312 e. The Kier molecular flexibility index (Phi) is 5.45. The molecule has 0 aliphatic carbocycles. The predicted octanol–water partition coefficient (Wildman–Crippen LogP) is 4.73. The molecule has 0 atom stereocenters. The lowest BCUT2D eigenvalue weighted by Gasteiger charge is -2.15. The normalized spacial score (nSPS) is 13.7. The lowest BCUT2D eigenvalue weighted by atomic mass is 10.1. The molecule has 3 aromatic rings. The fourth-order valence-electron chi connectivity index (χ4n) is 3.43. The second-order valence-electron chi connectivity index (χ2n) is 7.38. The van der Waals surface area contributed by atoms with E-state index in [2.05, 4.69) is 42.3 Å². The summed E-state index contributed by atoms with van der Waals surface area (Å²) < 4.78 is 0. The number of anilines is 2. The van der Waals surface area contributed by atoms with Gasteiger partial charge in [0.1, 0.15) is 0 Å². The third-order valence-corrected chi connectivity index (χ3v) is 6.00. The second kappa shape index (κ2) is 8.17. The standard InChI is InChI=1S/C23H23N3O2S/c1-15-5-8-18(12-16(15)2)20-14-29-23(24-20)25-21(27)13-17-6-9-19(10-7-17)26-11-3-4-22(26)28/h5-10,12,14H,3-4,11,13H2,1-2H3,(H,24,25,27). The summed E-state index contributed by atoms with van der Waals surface area (Å²) >= 11 is 1.43. The molecular weight excluding hydrogens is 382 g/mol. The summed E-state index contributed by atoms with van der Waals surface area (Å²) in [4.78, 5) is 30.6. The number of aryl methyl sites for hydroxylation is 2. The number of nitrogens with one attached hydrogen (secondary N) is 1. The van der Waals surface area contributed by atoms with Crippen LogP contribution in [-0.4, -0.2) is 23.3 Å². The van der Waals surface area contributed by atoms with Crippen LogP contribution in [0.15, 0.2) is 47.8 Å². The van der Waals surface area contributed by atoms with Crippen molar-refractivity contribution in [2.45, 2.75) is 33.1 Å². The first-order valence-corrected chi connectivity index (χ1v) is 10.6. The molecule has 0 saturated carbocycles. The summed E-state index contributed by atoms with van der Waals surface area (Å²) in [5, 5.41) is 5.45. The van der Waals surface area contributed by atoms with Crippen molar-refractivity contribution in [3.8, 4) is 11.3 Å². The Hall–Kier alpha value is -2.99. The zero-order valence-corrected chi connectivity index (χ0v) is 17.4. The van der Waals surface area contributed by atoms with Crippen molar-refractivity contribution in [2.75, 3.05) is 16.8 Å². The number of amides is 2. The molecule has 4 rings (SSSR count). The van der Waals surface area contributed by atoms with E-state index in [1.54, 1.807) is 4.90 Å². The van der Waals surface area contributed by atoms with Crippen molar-refractivity contribution < 1.29 is 9.59 Å². The molecule has 1 fully saturated rings. The molecule has 1 N–H and O–H groups in total. The van der Waals surface area contributed by atoms with Gasteiger partial charge in [-0.1, -0.05) is 24.3 Å². The Morgan fingerprint density at radius 3 is 2.62 bits per heavy atom. The van der Waals surface area contributed by atoms with Gasteiger partial charge in [-0.3, -0.25) is 9.59 Å². The average Bonchev–Trinajstić information content (AvgIpc) is 3.34. The molecule has 1 aliphatic heterocycles. The number of hydrogen-bond acceptors (Lipinski definition) is 4. The van der Waals surface area contributed by atoms with E-state index in [0.717, 1.165) is 35.5 Å². The number of benzene rings is 2. The molecule has 0 bridgehead atoms. The zero-order valence-electron chi connectivity index (χ0n) is 16.6. The third kappa shape index (κ3) is 4.38. The van der Waals surface area contributed by atoms with E-state index in [1.807, 2.05) is 29.6 Å². The molecule has 0 spiro atoms. The molecule has 148 valence electrons. The number of hydrogen-bond donors (Lipinski definition) is 1. The van der Waals surface area contributed by atoms with Crippen molar-refractivity contribution in [3.63, 3.8) is 0 Å². The van der Waals surface area contributed by atoms with E-state index in [0.29, 0.717) is 11.6 Å². The fourth-order valence-corrected chi connectivity index (χ4v) is 4.16. The highest BCUT2D eigenvalue weighted by molar-refractivity contribution is 7.14. The van der Waals surface area contributed by atoms with Crippen molar-refractivity contribution in [1.29, 1.82) is 0 Å². The molecule has 1 saturated heterocycles. The molecule has 2 amide bonds. The van der Waals surface area contributed by atoms with Gasteiger partial charge in [0.2, 0.25) is 11.8 Å². The van der Waals surface area contributed by atoms with Crippen LogP contribution >= 0.6 is 11.3 Å². The smallest absolute Gasteiger partial charge is 0.230 e. The number of nitrogens with zero attached hydrogens (tertiary/aromatic N) is 2. The van der Waals surface area contributed by atoms with E-state index in [4.69, 9.17) is 0 Å². The first-order chi connectivity index (χ1) is 14.0. The minimum atomic E-state index is -0.101. The summed E-state index contributed by atoms with van der Waals surface area (Å²) in [6.45, 7) is 4.94.